The second-order valence-corrected chi connectivity index (χ2v) is 8.00. The lowest BCUT2D eigenvalue weighted by Crippen LogP contribution is -2.35. The maximum Gasteiger partial charge on any atom is 0.291 e. The lowest BCUT2D eigenvalue weighted by Gasteiger charge is -2.07. The third-order valence-corrected chi connectivity index (χ3v) is 5.32. The molecule has 27 heavy (non-hydrogen) atoms. The molecule has 9 nitrogen and oxygen atoms in total. The zero-order valence-corrected chi connectivity index (χ0v) is 16.2. The van der Waals surface area contributed by atoms with E-state index in [4.69, 9.17) is 11.6 Å². The fourth-order valence-corrected chi connectivity index (χ4v) is 3.75. The summed E-state index contributed by atoms with van der Waals surface area (Å²) in [4.78, 5) is 20.5. The average molecular weight is 409 g/mol. The Hall–Kier alpha value is -2.56. The first-order chi connectivity index (χ1) is 12.8. The minimum absolute atomic E-state index is 0.00431. The Morgan fingerprint density at radius 1 is 1.19 bits per heavy atom. The van der Waals surface area contributed by atoms with Crippen molar-refractivity contribution in [1.29, 1.82) is 0 Å². The van der Waals surface area contributed by atoms with E-state index in [0.29, 0.717) is 10.8 Å². The highest BCUT2D eigenvalue weighted by Gasteiger charge is 2.16. The largest absolute Gasteiger partial charge is 0.348 e. The molecular weight excluding hydrogens is 392 g/mol. The fourth-order valence-electron chi connectivity index (χ4n) is 2.42. The van der Waals surface area contributed by atoms with Crippen molar-refractivity contribution in [3.8, 4) is 0 Å². The second-order valence-electron chi connectivity index (χ2n) is 5.80. The first-order valence-electron chi connectivity index (χ1n) is 8.01. The van der Waals surface area contributed by atoms with Crippen LogP contribution in [0.3, 0.4) is 0 Å². The van der Waals surface area contributed by atoms with Gasteiger partial charge < -0.3 is 5.32 Å². The van der Waals surface area contributed by atoms with E-state index in [1.807, 2.05) is 19.9 Å². The van der Waals surface area contributed by atoms with Crippen molar-refractivity contribution in [2.45, 2.75) is 18.7 Å². The molecule has 0 aliphatic heterocycles. The van der Waals surface area contributed by atoms with Gasteiger partial charge in [-0.3, -0.25) is 4.79 Å². The van der Waals surface area contributed by atoms with Gasteiger partial charge in [0.1, 0.15) is 0 Å². The summed E-state index contributed by atoms with van der Waals surface area (Å²) in [6, 6.07) is 7.74. The van der Waals surface area contributed by atoms with E-state index in [0.717, 1.165) is 11.4 Å². The van der Waals surface area contributed by atoms with Gasteiger partial charge in [-0.1, -0.05) is 17.7 Å². The normalized spacial score (nSPS) is 11.7. The number of rotatable bonds is 6. The van der Waals surface area contributed by atoms with Crippen LogP contribution in [0.4, 0.5) is 0 Å². The first-order valence-corrected chi connectivity index (χ1v) is 9.87. The van der Waals surface area contributed by atoms with Gasteiger partial charge in [0, 0.05) is 29.5 Å². The molecule has 0 radical (unpaired) electrons. The summed E-state index contributed by atoms with van der Waals surface area (Å²) in [6.07, 6.45) is 0. The molecule has 1 aromatic carbocycles. The summed E-state index contributed by atoms with van der Waals surface area (Å²) < 4.78 is 28.2. The Balaban J connectivity index is 1.59. The summed E-state index contributed by atoms with van der Waals surface area (Å²) in [7, 11) is -3.71. The number of carbonyl (C=O) groups excluding carboxylic acids is 1. The smallest absolute Gasteiger partial charge is 0.291 e. The molecule has 0 atom stereocenters. The zero-order valence-electron chi connectivity index (χ0n) is 14.6. The number of nitrogens with one attached hydrogen (secondary N) is 2. The molecule has 2 aromatic heterocycles. The summed E-state index contributed by atoms with van der Waals surface area (Å²) in [5.41, 5.74) is 1.58. The minimum Gasteiger partial charge on any atom is -0.348 e. The van der Waals surface area contributed by atoms with E-state index in [2.05, 4.69) is 25.1 Å². The Labute approximate surface area is 160 Å². The molecular formula is C16H17ClN6O3S. The number of aryl methyl sites for hydroxylation is 2. The maximum atomic E-state index is 12.2. The van der Waals surface area contributed by atoms with E-state index < -0.39 is 15.9 Å². The number of hydrogen-bond acceptors (Lipinski definition) is 6. The lowest BCUT2D eigenvalue weighted by atomic mass is 10.4. The molecule has 2 heterocycles. The van der Waals surface area contributed by atoms with Crippen molar-refractivity contribution in [2.24, 2.45) is 0 Å². The van der Waals surface area contributed by atoms with Crippen LogP contribution in [0.15, 0.2) is 35.2 Å². The Morgan fingerprint density at radius 3 is 2.70 bits per heavy atom. The van der Waals surface area contributed by atoms with Crippen molar-refractivity contribution in [2.75, 3.05) is 13.1 Å². The lowest BCUT2D eigenvalue weighted by molar-refractivity contribution is 0.0944. The van der Waals surface area contributed by atoms with E-state index in [9.17, 15) is 13.2 Å². The predicted octanol–water partition coefficient (Wildman–Crippen LogP) is 1.10. The van der Waals surface area contributed by atoms with Crippen LogP contribution in [0.5, 0.6) is 0 Å². The monoisotopic (exact) mass is 408 g/mol. The van der Waals surface area contributed by atoms with Crippen molar-refractivity contribution < 1.29 is 13.2 Å². The summed E-state index contributed by atoms with van der Waals surface area (Å²) >= 11 is 5.81. The molecule has 0 aliphatic carbocycles. The second kappa shape index (κ2) is 7.59. The van der Waals surface area contributed by atoms with Crippen LogP contribution in [-0.2, 0) is 10.0 Å². The number of fused-ring (bicyclic) bond motifs is 1. The molecule has 1 amide bonds. The van der Waals surface area contributed by atoms with Gasteiger partial charge in [-0.2, -0.15) is 4.98 Å². The number of nitrogens with zero attached hydrogens (tertiary/aromatic N) is 4. The number of halogens is 1. The summed E-state index contributed by atoms with van der Waals surface area (Å²) in [5, 5.41) is 7.01. The van der Waals surface area contributed by atoms with Gasteiger partial charge in [0.2, 0.25) is 15.8 Å². The SMILES string of the molecule is Cc1cc(C)n2nc(C(=O)NCCNS(=O)(=O)c3cccc(Cl)c3)nc2n1. The molecule has 0 saturated carbocycles. The Morgan fingerprint density at radius 2 is 1.96 bits per heavy atom. The van der Waals surface area contributed by atoms with E-state index >= 15 is 0 Å². The van der Waals surface area contributed by atoms with Gasteiger partial charge >= 0.3 is 0 Å². The fraction of sp³-hybridized carbons (Fsp3) is 0.250. The van der Waals surface area contributed by atoms with Crippen molar-refractivity contribution >= 4 is 33.3 Å². The maximum absolute atomic E-state index is 12.2. The van der Waals surface area contributed by atoms with Gasteiger partial charge in [-0.25, -0.2) is 22.6 Å². The van der Waals surface area contributed by atoms with Crippen LogP contribution in [0.1, 0.15) is 22.0 Å². The van der Waals surface area contributed by atoms with Gasteiger partial charge in [0.15, 0.2) is 0 Å². The molecule has 0 saturated heterocycles. The number of hydrogen-bond donors (Lipinski definition) is 2. The van der Waals surface area contributed by atoms with Crippen LogP contribution in [0.2, 0.25) is 5.02 Å². The molecule has 0 fully saturated rings. The average Bonchev–Trinajstić information content (AvgIpc) is 3.03. The predicted molar refractivity (Wildman–Crippen MR) is 99.2 cm³/mol. The Kier molecular flexibility index (Phi) is 5.40. The zero-order chi connectivity index (χ0) is 19.6. The number of aromatic nitrogens is 4. The summed E-state index contributed by atoms with van der Waals surface area (Å²) in [5.74, 6) is -0.215. The van der Waals surface area contributed by atoms with Crippen LogP contribution in [0, 0.1) is 13.8 Å². The molecule has 2 N–H and O–H groups in total. The quantitative estimate of drug-likeness (QED) is 0.589. The van der Waals surface area contributed by atoms with Crippen molar-refractivity contribution in [3.63, 3.8) is 0 Å². The molecule has 0 unspecified atom stereocenters. The van der Waals surface area contributed by atoms with Gasteiger partial charge in [-0.05, 0) is 38.1 Å². The molecule has 142 valence electrons. The molecule has 3 rings (SSSR count). The number of amides is 1. The third-order valence-electron chi connectivity index (χ3n) is 3.63. The van der Waals surface area contributed by atoms with E-state index in [-0.39, 0.29) is 23.8 Å². The highest BCUT2D eigenvalue weighted by Crippen LogP contribution is 2.14. The van der Waals surface area contributed by atoms with E-state index in [1.54, 1.807) is 12.1 Å². The number of benzene rings is 1. The third kappa shape index (κ3) is 4.41. The number of carbonyl (C=O) groups is 1. The highest BCUT2D eigenvalue weighted by atomic mass is 35.5. The molecule has 11 heteroatoms. The van der Waals surface area contributed by atoms with Crippen molar-refractivity contribution in [3.05, 3.63) is 52.6 Å². The van der Waals surface area contributed by atoms with Gasteiger partial charge in [0.25, 0.3) is 11.7 Å². The van der Waals surface area contributed by atoms with E-state index in [1.165, 1.54) is 16.6 Å². The van der Waals surface area contributed by atoms with Crippen LogP contribution in [0.25, 0.3) is 5.78 Å². The van der Waals surface area contributed by atoms with Crippen LogP contribution < -0.4 is 10.0 Å². The number of sulfonamides is 1. The Bertz CT molecular complexity index is 1110. The molecule has 0 spiro atoms. The molecule has 3 aromatic rings. The standard InChI is InChI=1S/C16H17ClN6O3S/c1-10-8-11(2)23-16(20-10)21-14(22-23)15(24)18-6-7-19-27(25,26)13-5-3-4-12(17)9-13/h3-5,8-9,19H,6-7H2,1-2H3,(H,18,24). The molecule has 0 bridgehead atoms. The van der Waals surface area contributed by atoms with Gasteiger partial charge in [0.05, 0.1) is 4.90 Å². The summed E-state index contributed by atoms with van der Waals surface area (Å²) in [6.45, 7) is 3.74. The highest BCUT2D eigenvalue weighted by molar-refractivity contribution is 7.89. The topological polar surface area (TPSA) is 118 Å². The molecule has 0 aliphatic rings. The first kappa shape index (κ1) is 19.2. The van der Waals surface area contributed by atoms with Crippen LogP contribution in [-0.4, -0.2) is 47.0 Å². The minimum atomic E-state index is -3.71. The van der Waals surface area contributed by atoms with Crippen LogP contribution >= 0.6 is 11.6 Å². The van der Waals surface area contributed by atoms with Crippen molar-refractivity contribution in [1.82, 2.24) is 29.6 Å². The van der Waals surface area contributed by atoms with Gasteiger partial charge in [-0.15, -0.1) is 5.10 Å².